The third-order valence-electron chi connectivity index (χ3n) is 3.11. The molecule has 1 aromatic heterocycles. The van der Waals surface area contributed by atoms with Crippen LogP contribution in [0.2, 0.25) is 0 Å². The molecule has 0 aliphatic carbocycles. The Bertz CT molecular complexity index is 661. The van der Waals surface area contributed by atoms with Gasteiger partial charge in [0.25, 0.3) is 0 Å². The van der Waals surface area contributed by atoms with Crippen LogP contribution >= 0.6 is 0 Å². The summed E-state index contributed by atoms with van der Waals surface area (Å²) in [5.41, 5.74) is 1.19. The molecule has 0 unspecified atom stereocenters. The molecule has 2 aromatic rings. The van der Waals surface area contributed by atoms with Crippen molar-refractivity contribution in [3.05, 3.63) is 36.0 Å². The van der Waals surface area contributed by atoms with Gasteiger partial charge in [-0.25, -0.2) is 4.98 Å². The van der Waals surface area contributed by atoms with Gasteiger partial charge in [-0.3, -0.25) is 4.79 Å². The number of carbonyl (C=O) groups excluding carboxylic acids is 1. The van der Waals surface area contributed by atoms with E-state index in [4.69, 9.17) is 14.2 Å². The smallest absolute Gasteiger partial charge is 0.203 e. The highest BCUT2D eigenvalue weighted by molar-refractivity contribution is 5.99. The number of benzene rings is 1. The quantitative estimate of drug-likeness (QED) is 0.827. The van der Waals surface area contributed by atoms with E-state index >= 15 is 0 Å². The lowest BCUT2D eigenvalue weighted by Crippen LogP contribution is -2.03. The maximum atomic E-state index is 11.7. The Labute approximate surface area is 129 Å². The minimum Gasteiger partial charge on any atom is -0.493 e. The molecule has 6 heteroatoms. The third kappa shape index (κ3) is 3.11. The van der Waals surface area contributed by atoms with E-state index in [1.165, 1.54) is 6.92 Å². The van der Waals surface area contributed by atoms with Gasteiger partial charge in [-0.1, -0.05) is 0 Å². The molecule has 0 spiro atoms. The number of nitrogens with zero attached hydrogens (tertiary/aromatic N) is 1. The van der Waals surface area contributed by atoms with E-state index in [9.17, 15) is 4.79 Å². The second-order valence-corrected chi connectivity index (χ2v) is 4.49. The lowest BCUT2D eigenvalue weighted by Gasteiger charge is -2.15. The average molecular weight is 302 g/mol. The van der Waals surface area contributed by atoms with Crippen molar-refractivity contribution in [3.8, 4) is 17.2 Å². The molecule has 0 bridgehead atoms. The van der Waals surface area contributed by atoms with E-state index in [2.05, 4.69) is 10.3 Å². The van der Waals surface area contributed by atoms with E-state index in [-0.39, 0.29) is 5.78 Å². The van der Waals surface area contributed by atoms with Crippen LogP contribution in [0.3, 0.4) is 0 Å². The minimum atomic E-state index is -0.0666. The summed E-state index contributed by atoms with van der Waals surface area (Å²) in [7, 11) is 4.63. The first-order valence-corrected chi connectivity index (χ1v) is 6.63. The second kappa shape index (κ2) is 6.80. The average Bonchev–Trinajstić information content (AvgIpc) is 2.54. The number of ketones is 1. The van der Waals surface area contributed by atoms with Crippen molar-refractivity contribution in [2.75, 3.05) is 26.6 Å². The number of hydrogen-bond acceptors (Lipinski definition) is 6. The summed E-state index contributed by atoms with van der Waals surface area (Å²) in [6, 6.07) is 6.94. The van der Waals surface area contributed by atoms with E-state index in [1.807, 2.05) is 0 Å². The van der Waals surface area contributed by atoms with Gasteiger partial charge in [0.15, 0.2) is 17.3 Å². The van der Waals surface area contributed by atoms with Crippen LogP contribution in [-0.2, 0) is 0 Å². The fraction of sp³-hybridized carbons (Fsp3) is 0.250. The molecule has 22 heavy (non-hydrogen) atoms. The van der Waals surface area contributed by atoms with Gasteiger partial charge in [0, 0.05) is 24.0 Å². The molecule has 0 saturated carbocycles. The monoisotopic (exact) mass is 302 g/mol. The zero-order chi connectivity index (χ0) is 16.1. The number of hydrogen-bond donors (Lipinski definition) is 1. The highest BCUT2D eigenvalue weighted by Gasteiger charge is 2.15. The predicted octanol–water partition coefficient (Wildman–Crippen LogP) is 3.05. The molecular weight excluding hydrogens is 284 g/mol. The summed E-state index contributed by atoms with van der Waals surface area (Å²) in [5.74, 6) is 1.95. The Morgan fingerprint density at radius 1 is 1.09 bits per heavy atom. The molecular formula is C16H18N2O4. The van der Waals surface area contributed by atoms with Crippen molar-refractivity contribution in [3.63, 3.8) is 0 Å². The van der Waals surface area contributed by atoms with Crippen molar-refractivity contribution in [2.45, 2.75) is 6.92 Å². The van der Waals surface area contributed by atoms with Gasteiger partial charge in [-0.15, -0.1) is 0 Å². The fourth-order valence-electron chi connectivity index (χ4n) is 2.08. The molecule has 0 aliphatic heterocycles. The molecule has 0 aliphatic rings. The summed E-state index contributed by atoms with van der Waals surface area (Å²) < 4.78 is 15.9. The number of carbonyl (C=O) groups is 1. The molecule has 0 atom stereocenters. The van der Waals surface area contributed by atoms with Gasteiger partial charge >= 0.3 is 0 Å². The summed E-state index contributed by atoms with van der Waals surface area (Å²) in [4.78, 5) is 15.9. The highest BCUT2D eigenvalue weighted by atomic mass is 16.5. The van der Waals surface area contributed by atoms with Gasteiger partial charge in [0.2, 0.25) is 5.75 Å². The van der Waals surface area contributed by atoms with Crippen LogP contribution in [0.5, 0.6) is 17.2 Å². The van der Waals surface area contributed by atoms with Crippen LogP contribution in [0.25, 0.3) is 0 Å². The van der Waals surface area contributed by atoms with Gasteiger partial charge in [0.05, 0.1) is 26.9 Å². The van der Waals surface area contributed by atoms with Crippen LogP contribution in [0.4, 0.5) is 11.5 Å². The Balaban J connectivity index is 2.44. The lowest BCUT2D eigenvalue weighted by atomic mass is 10.2. The van der Waals surface area contributed by atoms with Crippen LogP contribution in [0.1, 0.15) is 17.3 Å². The number of pyridine rings is 1. The van der Waals surface area contributed by atoms with E-state index in [0.29, 0.717) is 34.3 Å². The number of rotatable bonds is 6. The van der Waals surface area contributed by atoms with E-state index in [0.717, 1.165) is 0 Å². The molecule has 0 amide bonds. The molecule has 0 saturated heterocycles. The van der Waals surface area contributed by atoms with Crippen molar-refractivity contribution in [2.24, 2.45) is 0 Å². The lowest BCUT2D eigenvalue weighted by molar-refractivity contribution is 0.101. The largest absolute Gasteiger partial charge is 0.493 e. The number of ether oxygens (including phenoxy) is 3. The predicted molar refractivity (Wildman–Crippen MR) is 83.6 cm³/mol. The molecule has 6 nitrogen and oxygen atoms in total. The van der Waals surface area contributed by atoms with Crippen LogP contribution in [-0.4, -0.2) is 32.1 Å². The Kier molecular flexibility index (Phi) is 4.83. The zero-order valence-corrected chi connectivity index (χ0v) is 13.0. The second-order valence-electron chi connectivity index (χ2n) is 4.49. The van der Waals surface area contributed by atoms with Crippen LogP contribution in [0.15, 0.2) is 30.5 Å². The first-order valence-electron chi connectivity index (χ1n) is 6.63. The van der Waals surface area contributed by atoms with Crippen LogP contribution in [0, 0.1) is 0 Å². The van der Waals surface area contributed by atoms with Crippen molar-refractivity contribution < 1.29 is 19.0 Å². The normalized spacial score (nSPS) is 10.0. The van der Waals surface area contributed by atoms with Gasteiger partial charge in [-0.2, -0.15) is 0 Å². The van der Waals surface area contributed by atoms with Gasteiger partial charge in [0.1, 0.15) is 5.82 Å². The number of anilines is 2. The van der Waals surface area contributed by atoms with Crippen molar-refractivity contribution in [1.82, 2.24) is 4.98 Å². The van der Waals surface area contributed by atoms with E-state index in [1.54, 1.807) is 51.8 Å². The topological polar surface area (TPSA) is 69.7 Å². The molecule has 2 rings (SSSR count). The van der Waals surface area contributed by atoms with Gasteiger partial charge < -0.3 is 19.5 Å². The number of nitrogens with one attached hydrogen (secondary N) is 1. The summed E-state index contributed by atoms with van der Waals surface area (Å²) in [6.45, 7) is 1.50. The van der Waals surface area contributed by atoms with Crippen molar-refractivity contribution in [1.29, 1.82) is 0 Å². The molecule has 1 aromatic carbocycles. The van der Waals surface area contributed by atoms with E-state index < -0.39 is 0 Å². The Morgan fingerprint density at radius 3 is 2.23 bits per heavy atom. The summed E-state index contributed by atoms with van der Waals surface area (Å²) in [6.07, 6.45) is 1.62. The van der Waals surface area contributed by atoms with Crippen molar-refractivity contribution >= 4 is 17.3 Å². The molecule has 1 heterocycles. The Morgan fingerprint density at radius 2 is 1.73 bits per heavy atom. The third-order valence-corrected chi connectivity index (χ3v) is 3.11. The highest BCUT2D eigenvalue weighted by Crippen LogP contribution is 2.40. The molecule has 116 valence electrons. The zero-order valence-electron chi connectivity index (χ0n) is 13.0. The minimum absolute atomic E-state index is 0.0666. The number of aromatic nitrogens is 1. The van der Waals surface area contributed by atoms with Gasteiger partial charge in [-0.05, 0) is 19.1 Å². The SMILES string of the molecule is COc1cc(Nc2ncccc2C(C)=O)cc(OC)c1OC. The maximum Gasteiger partial charge on any atom is 0.203 e. The number of Topliss-reactive ketones (excluding diaryl/α,β-unsaturated/α-hetero) is 1. The number of methoxy groups -OCH3 is 3. The first kappa shape index (κ1) is 15.6. The maximum absolute atomic E-state index is 11.7. The standard InChI is InChI=1S/C16H18N2O4/c1-10(19)12-6-5-7-17-16(12)18-11-8-13(20-2)15(22-4)14(9-11)21-3/h5-9H,1-4H3,(H,17,18). The van der Waals surface area contributed by atoms with Crippen LogP contribution < -0.4 is 19.5 Å². The Hall–Kier alpha value is -2.76. The molecule has 1 N–H and O–H groups in total. The first-order chi connectivity index (χ1) is 10.6. The summed E-state index contributed by atoms with van der Waals surface area (Å²) >= 11 is 0. The molecule has 0 fully saturated rings. The fourth-order valence-corrected chi connectivity index (χ4v) is 2.08. The molecule has 0 radical (unpaired) electrons. The summed E-state index contributed by atoms with van der Waals surface area (Å²) in [5, 5.41) is 3.11.